The Hall–Kier alpha value is -1.34. The van der Waals surface area contributed by atoms with Crippen LogP contribution in [0.1, 0.15) is 27.2 Å². The zero-order chi connectivity index (χ0) is 16.0. The van der Waals surface area contributed by atoms with Gasteiger partial charge in [-0.3, -0.25) is 4.79 Å². The third kappa shape index (κ3) is 5.89. The van der Waals surface area contributed by atoms with Gasteiger partial charge in [0.15, 0.2) is 0 Å². The average Bonchev–Trinajstić information content (AvgIpc) is 2.42. The van der Waals surface area contributed by atoms with E-state index >= 15 is 0 Å². The fourth-order valence-corrected chi connectivity index (χ4v) is 2.12. The molecule has 0 aliphatic carbocycles. The van der Waals surface area contributed by atoms with Crippen molar-refractivity contribution in [2.45, 2.75) is 38.9 Å². The van der Waals surface area contributed by atoms with Crippen molar-refractivity contribution in [3.8, 4) is 0 Å². The lowest BCUT2D eigenvalue weighted by Crippen LogP contribution is -2.51. The Morgan fingerprint density at radius 1 is 1.43 bits per heavy atom. The van der Waals surface area contributed by atoms with Crippen molar-refractivity contribution in [3.05, 3.63) is 0 Å². The van der Waals surface area contributed by atoms with Crippen molar-refractivity contribution in [2.75, 3.05) is 33.4 Å². The predicted molar refractivity (Wildman–Crippen MR) is 76.7 cm³/mol. The van der Waals surface area contributed by atoms with Crippen molar-refractivity contribution in [3.63, 3.8) is 0 Å². The summed E-state index contributed by atoms with van der Waals surface area (Å²) in [6, 6.07) is 0. The average molecular weight is 302 g/mol. The second-order valence-electron chi connectivity index (χ2n) is 6.11. The Bertz CT molecular complexity index is 367. The fourth-order valence-electron chi connectivity index (χ4n) is 2.12. The molecule has 0 aromatic carbocycles. The number of nitrogens with zero attached hydrogens (tertiary/aromatic N) is 1. The molecule has 1 aliphatic heterocycles. The summed E-state index contributed by atoms with van der Waals surface area (Å²) >= 11 is 0. The Morgan fingerprint density at radius 2 is 2.10 bits per heavy atom. The van der Waals surface area contributed by atoms with Crippen LogP contribution in [-0.4, -0.2) is 62.0 Å². The molecule has 0 aromatic heterocycles. The molecule has 2 unspecified atom stereocenters. The Kier molecular flexibility index (Phi) is 6.42. The molecule has 122 valence electrons. The van der Waals surface area contributed by atoms with Crippen LogP contribution in [0.15, 0.2) is 0 Å². The third-order valence-electron chi connectivity index (χ3n) is 3.23. The van der Waals surface area contributed by atoms with E-state index in [0.29, 0.717) is 26.2 Å². The summed E-state index contributed by atoms with van der Waals surface area (Å²) < 4.78 is 15.7. The molecule has 1 rings (SSSR count). The van der Waals surface area contributed by atoms with E-state index in [2.05, 4.69) is 4.74 Å². The van der Waals surface area contributed by atoms with Crippen LogP contribution >= 0.6 is 0 Å². The largest absolute Gasteiger partial charge is 0.469 e. The van der Waals surface area contributed by atoms with E-state index in [0.717, 1.165) is 0 Å². The molecule has 1 heterocycles. The molecule has 1 fully saturated rings. The van der Waals surface area contributed by atoms with Crippen LogP contribution in [0.3, 0.4) is 0 Å². The van der Waals surface area contributed by atoms with Gasteiger partial charge in [0.2, 0.25) is 0 Å². The number of ether oxygens (including phenoxy) is 3. The molecule has 0 radical (unpaired) electrons. The first kappa shape index (κ1) is 17.7. The van der Waals surface area contributed by atoms with Crippen molar-refractivity contribution < 1.29 is 23.8 Å². The standard InChI is InChI=1S/C14H26N2O5/c1-14(2,3)21-13(18)16-5-6-20-11(9-16)10(8-15)7-12(17)19-4/h10-11H,5-9,15H2,1-4H3. The van der Waals surface area contributed by atoms with E-state index in [-0.39, 0.29) is 30.5 Å². The van der Waals surface area contributed by atoms with Crippen LogP contribution in [-0.2, 0) is 19.0 Å². The molecule has 2 atom stereocenters. The van der Waals surface area contributed by atoms with Crippen LogP contribution in [0.5, 0.6) is 0 Å². The maximum atomic E-state index is 12.1. The molecule has 7 heteroatoms. The lowest BCUT2D eigenvalue weighted by Gasteiger charge is -2.37. The fraction of sp³-hybridized carbons (Fsp3) is 0.857. The number of hydrogen-bond acceptors (Lipinski definition) is 6. The zero-order valence-electron chi connectivity index (χ0n) is 13.3. The first-order valence-corrected chi connectivity index (χ1v) is 7.13. The van der Waals surface area contributed by atoms with Crippen molar-refractivity contribution in [1.29, 1.82) is 0 Å². The summed E-state index contributed by atoms with van der Waals surface area (Å²) in [5, 5.41) is 0. The maximum absolute atomic E-state index is 12.1. The highest BCUT2D eigenvalue weighted by molar-refractivity contribution is 5.70. The van der Waals surface area contributed by atoms with E-state index in [1.807, 2.05) is 20.8 Å². The number of methoxy groups -OCH3 is 1. The van der Waals surface area contributed by atoms with Crippen molar-refractivity contribution >= 4 is 12.1 Å². The molecule has 2 N–H and O–H groups in total. The SMILES string of the molecule is COC(=O)CC(CN)C1CN(C(=O)OC(C)(C)C)CCO1. The minimum atomic E-state index is -0.538. The first-order chi connectivity index (χ1) is 9.76. The monoisotopic (exact) mass is 302 g/mol. The smallest absolute Gasteiger partial charge is 0.410 e. The lowest BCUT2D eigenvalue weighted by atomic mass is 9.97. The van der Waals surface area contributed by atoms with E-state index in [9.17, 15) is 9.59 Å². The number of hydrogen-bond donors (Lipinski definition) is 1. The number of carbonyl (C=O) groups excluding carboxylic acids is 2. The Balaban J connectivity index is 2.61. The van der Waals surface area contributed by atoms with Gasteiger partial charge in [-0.05, 0) is 27.3 Å². The molecular formula is C14H26N2O5. The summed E-state index contributed by atoms with van der Waals surface area (Å²) in [4.78, 5) is 25.1. The summed E-state index contributed by atoms with van der Waals surface area (Å²) in [7, 11) is 1.34. The molecule has 1 aliphatic rings. The topological polar surface area (TPSA) is 91.1 Å². The molecule has 0 spiro atoms. The van der Waals surface area contributed by atoms with E-state index in [4.69, 9.17) is 15.2 Å². The van der Waals surface area contributed by atoms with Crippen molar-refractivity contribution in [2.24, 2.45) is 11.7 Å². The number of carbonyl (C=O) groups is 2. The van der Waals surface area contributed by atoms with Gasteiger partial charge in [-0.2, -0.15) is 0 Å². The predicted octanol–water partition coefficient (Wildman–Crippen LogP) is 0.760. The van der Waals surface area contributed by atoms with Crippen LogP contribution in [0, 0.1) is 5.92 Å². The summed E-state index contributed by atoms with van der Waals surface area (Å²) in [6.07, 6.45) is -0.472. The van der Waals surface area contributed by atoms with Crippen LogP contribution in [0.4, 0.5) is 4.79 Å². The van der Waals surface area contributed by atoms with Gasteiger partial charge >= 0.3 is 12.1 Å². The van der Waals surface area contributed by atoms with Gasteiger partial charge in [0.05, 0.1) is 32.8 Å². The maximum Gasteiger partial charge on any atom is 0.410 e. The van der Waals surface area contributed by atoms with Gasteiger partial charge in [0, 0.05) is 12.5 Å². The minimum Gasteiger partial charge on any atom is -0.469 e. The summed E-state index contributed by atoms with van der Waals surface area (Å²) in [5.41, 5.74) is 5.17. The third-order valence-corrected chi connectivity index (χ3v) is 3.23. The number of morpholine rings is 1. The van der Waals surface area contributed by atoms with Crippen LogP contribution in [0.2, 0.25) is 0 Å². The second kappa shape index (κ2) is 7.61. The highest BCUT2D eigenvalue weighted by Crippen LogP contribution is 2.19. The molecular weight excluding hydrogens is 276 g/mol. The zero-order valence-corrected chi connectivity index (χ0v) is 13.3. The normalized spacial score (nSPS) is 20.8. The van der Waals surface area contributed by atoms with Gasteiger partial charge in [0.25, 0.3) is 0 Å². The Labute approximate surface area is 125 Å². The van der Waals surface area contributed by atoms with Crippen molar-refractivity contribution in [1.82, 2.24) is 4.90 Å². The lowest BCUT2D eigenvalue weighted by molar-refractivity contribution is -0.144. The van der Waals surface area contributed by atoms with E-state index in [1.165, 1.54) is 7.11 Å². The first-order valence-electron chi connectivity index (χ1n) is 7.13. The highest BCUT2D eigenvalue weighted by atomic mass is 16.6. The number of amides is 1. The number of rotatable bonds is 4. The van der Waals surface area contributed by atoms with Gasteiger partial charge in [0.1, 0.15) is 5.60 Å². The van der Waals surface area contributed by atoms with Crippen LogP contribution in [0.25, 0.3) is 0 Å². The molecule has 1 amide bonds. The van der Waals surface area contributed by atoms with Gasteiger partial charge in [-0.25, -0.2) is 4.79 Å². The van der Waals surface area contributed by atoms with Gasteiger partial charge in [-0.1, -0.05) is 0 Å². The highest BCUT2D eigenvalue weighted by Gasteiger charge is 2.33. The second-order valence-corrected chi connectivity index (χ2v) is 6.11. The molecule has 0 bridgehead atoms. The molecule has 7 nitrogen and oxygen atoms in total. The van der Waals surface area contributed by atoms with E-state index in [1.54, 1.807) is 4.90 Å². The molecule has 0 saturated carbocycles. The van der Waals surface area contributed by atoms with E-state index < -0.39 is 5.60 Å². The Morgan fingerprint density at radius 3 is 2.62 bits per heavy atom. The summed E-state index contributed by atoms with van der Waals surface area (Å²) in [6.45, 7) is 7.01. The molecule has 0 aromatic rings. The summed E-state index contributed by atoms with van der Waals surface area (Å²) in [5.74, 6) is -0.508. The van der Waals surface area contributed by atoms with Gasteiger partial charge in [-0.15, -0.1) is 0 Å². The minimum absolute atomic E-state index is 0.178. The van der Waals surface area contributed by atoms with Crippen LogP contribution < -0.4 is 5.73 Å². The quantitative estimate of drug-likeness (QED) is 0.771. The molecule has 21 heavy (non-hydrogen) atoms. The number of esters is 1. The molecule has 1 saturated heterocycles. The van der Waals surface area contributed by atoms with Gasteiger partial charge < -0.3 is 24.8 Å². The number of nitrogens with two attached hydrogens (primary N) is 1.